The Bertz CT molecular complexity index is 378. The summed E-state index contributed by atoms with van der Waals surface area (Å²) in [4.78, 5) is 15.1. The van der Waals surface area contributed by atoms with Gasteiger partial charge in [-0.25, -0.2) is 4.98 Å². The van der Waals surface area contributed by atoms with Crippen molar-refractivity contribution in [1.82, 2.24) is 15.6 Å². The fourth-order valence-corrected chi connectivity index (χ4v) is 1.77. The number of thiazole rings is 1. The molecule has 0 unspecified atom stereocenters. The topological polar surface area (TPSA) is 54.0 Å². The maximum atomic E-state index is 11.8. The van der Waals surface area contributed by atoms with Crippen molar-refractivity contribution in [2.24, 2.45) is 0 Å². The van der Waals surface area contributed by atoms with Gasteiger partial charge in [-0.05, 0) is 6.92 Å². The van der Waals surface area contributed by atoms with E-state index in [1.54, 1.807) is 5.32 Å². The van der Waals surface area contributed by atoms with Crippen molar-refractivity contribution < 1.29 is 18.0 Å². The minimum absolute atomic E-state index is 0.158. The predicted molar refractivity (Wildman–Crippen MR) is 57.6 cm³/mol. The number of rotatable bonds is 5. The molecule has 0 fully saturated rings. The Balaban J connectivity index is 2.16. The standard InChI is InChI=1S/C9H12F3N3OS/c1-6-4-17-8(15-6)3-13-2-7(16)14-5-9(10,11)12/h4,13H,2-3,5H2,1H3,(H,14,16). The van der Waals surface area contributed by atoms with E-state index < -0.39 is 18.6 Å². The molecule has 0 radical (unpaired) electrons. The highest BCUT2D eigenvalue weighted by Crippen LogP contribution is 2.12. The Hall–Kier alpha value is -1.15. The van der Waals surface area contributed by atoms with Crippen LogP contribution in [0.3, 0.4) is 0 Å². The summed E-state index contributed by atoms with van der Waals surface area (Å²) < 4.78 is 35.3. The lowest BCUT2D eigenvalue weighted by molar-refractivity contribution is -0.137. The number of halogens is 3. The summed E-state index contributed by atoms with van der Waals surface area (Å²) in [5, 5.41) is 7.15. The van der Waals surface area contributed by atoms with Crippen molar-refractivity contribution >= 4 is 17.2 Å². The van der Waals surface area contributed by atoms with Crippen LogP contribution in [0.25, 0.3) is 0 Å². The number of alkyl halides is 3. The van der Waals surface area contributed by atoms with Crippen LogP contribution in [-0.2, 0) is 11.3 Å². The number of nitrogens with one attached hydrogen (secondary N) is 2. The van der Waals surface area contributed by atoms with Crippen molar-refractivity contribution in [2.45, 2.75) is 19.6 Å². The quantitative estimate of drug-likeness (QED) is 0.843. The molecule has 1 heterocycles. The number of carbonyl (C=O) groups is 1. The molecule has 0 atom stereocenters. The molecule has 17 heavy (non-hydrogen) atoms. The third-order valence-electron chi connectivity index (χ3n) is 1.71. The first-order valence-electron chi connectivity index (χ1n) is 4.82. The van der Waals surface area contributed by atoms with Gasteiger partial charge in [0.25, 0.3) is 0 Å². The van der Waals surface area contributed by atoms with Crippen LogP contribution in [0, 0.1) is 6.92 Å². The number of carbonyl (C=O) groups excluding carboxylic acids is 1. The molecule has 96 valence electrons. The summed E-state index contributed by atoms with van der Waals surface area (Å²) in [6, 6.07) is 0. The molecule has 1 amide bonds. The summed E-state index contributed by atoms with van der Waals surface area (Å²) in [7, 11) is 0. The Kier molecular flexibility index (Phi) is 4.88. The van der Waals surface area contributed by atoms with Gasteiger partial charge in [-0.15, -0.1) is 11.3 Å². The van der Waals surface area contributed by atoms with Crippen molar-refractivity contribution in [3.8, 4) is 0 Å². The molecule has 0 aliphatic heterocycles. The predicted octanol–water partition coefficient (Wildman–Crippen LogP) is 1.22. The first-order chi connectivity index (χ1) is 7.87. The van der Waals surface area contributed by atoms with Crippen LogP contribution in [0.15, 0.2) is 5.38 Å². The summed E-state index contributed by atoms with van der Waals surface area (Å²) >= 11 is 1.43. The molecular formula is C9H12F3N3OS. The molecule has 4 nitrogen and oxygen atoms in total. The third kappa shape index (κ3) is 6.22. The van der Waals surface area contributed by atoms with E-state index >= 15 is 0 Å². The summed E-state index contributed by atoms with van der Waals surface area (Å²) in [5.41, 5.74) is 0.883. The Morgan fingerprint density at radius 3 is 2.76 bits per heavy atom. The molecule has 0 saturated carbocycles. The average Bonchev–Trinajstić information content (AvgIpc) is 2.60. The maximum absolute atomic E-state index is 11.8. The van der Waals surface area contributed by atoms with Crippen LogP contribution >= 0.6 is 11.3 Å². The Morgan fingerprint density at radius 2 is 2.24 bits per heavy atom. The molecule has 1 aromatic heterocycles. The highest BCUT2D eigenvalue weighted by molar-refractivity contribution is 7.09. The molecule has 0 saturated heterocycles. The lowest BCUT2D eigenvalue weighted by Gasteiger charge is -2.08. The van der Waals surface area contributed by atoms with Crippen molar-refractivity contribution in [3.05, 3.63) is 16.1 Å². The van der Waals surface area contributed by atoms with Gasteiger partial charge in [0.15, 0.2) is 0 Å². The monoisotopic (exact) mass is 267 g/mol. The van der Waals surface area contributed by atoms with E-state index in [4.69, 9.17) is 0 Å². The molecule has 0 aliphatic rings. The lowest BCUT2D eigenvalue weighted by atomic mass is 10.5. The minimum atomic E-state index is -4.37. The van der Waals surface area contributed by atoms with Crippen LogP contribution in [-0.4, -0.2) is 30.2 Å². The SMILES string of the molecule is Cc1csc(CNCC(=O)NCC(F)(F)F)n1. The van der Waals surface area contributed by atoms with Gasteiger partial charge in [0.05, 0.1) is 6.54 Å². The first-order valence-corrected chi connectivity index (χ1v) is 5.70. The van der Waals surface area contributed by atoms with E-state index in [1.165, 1.54) is 11.3 Å². The maximum Gasteiger partial charge on any atom is 0.405 e. The zero-order valence-electron chi connectivity index (χ0n) is 9.10. The molecule has 0 aliphatic carbocycles. The minimum Gasteiger partial charge on any atom is -0.346 e. The van der Waals surface area contributed by atoms with Crippen molar-refractivity contribution in [2.75, 3.05) is 13.1 Å². The van der Waals surface area contributed by atoms with E-state index in [0.717, 1.165) is 10.7 Å². The largest absolute Gasteiger partial charge is 0.405 e. The summed E-state index contributed by atoms with van der Waals surface area (Å²) in [6.45, 7) is 0.757. The van der Waals surface area contributed by atoms with Crippen LogP contribution < -0.4 is 10.6 Å². The molecule has 2 N–H and O–H groups in total. The van der Waals surface area contributed by atoms with E-state index in [2.05, 4.69) is 10.3 Å². The molecule has 1 aromatic rings. The number of amides is 1. The second-order valence-electron chi connectivity index (χ2n) is 3.38. The second-order valence-corrected chi connectivity index (χ2v) is 4.32. The number of hydrogen-bond acceptors (Lipinski definition) is 4. The highest BCUT2D eigenvalue weighted by atomic mass is 32.1. The zero-order chi connectivity index (χ0) is 12.9. The molecule has 0 aromatic carbocycles. The van der Waals surface area contributed by atoms with Crippen LogP contribution in [0.5, 0.6) is 0 Å². The van der Waals surface area contributed by atoms with E-state index in [0.29, 0.717) is 6.54 Å². The molecule has 0 bridgehead atoms. The zero-order valence-corrected chi connectivity index (χ0v) is 9.91. The third-order valence-corrected chi connectivity index (χ3v) is 2.68. The van der Waals surface area contributed by atoms with Crippen molar-refractivity contribution in [1.29, 1.82) is 0 Å². The Labute approximate surface area is 100 Å². The van der Waals surface area contributed by atoms with Gasteiger partial charge in [0.1, 0.15) is 11.6 Å². The number of aryl methyl sites for hydroxylation is 1. The highest BCUT2D eigenvalue weighted by Gasteiger charge is 2.27. The average molecular weight is 267 g/mol. The van der Waals surface area contributed by atoms with Gasteiger partial charge >= 0.3 is 6.18 Å². The fraction of sp³-hybridized carbons (Fsp3) is 0.556. The Morgan fingerprint density at radius 1 is 1.53 bits per heavy atom. The fourth-order valence-electron chi connectivity index (χ4n) is 1.03. The molecule has 0 spiro atoms. The smallest absolute Gasteiger partial charge is 0.346 e. The number of aromatic nitrogens is 1. The summed E-state index contributed by atoms with van der Waals surface area (Å²) in [5.74, 6) is -0.685. The van der Waals surface area contributed by atoms with Gasteiger partial charge in [-0.3, -0.25) is 4.79 Å². The van der Waals surface area contributed by atoms with Crippen LogP contribution in [0.4, 0.5) is 13.2 Å². The number of nitrogens with zero attached hydrogens (tertiary/aromatic N) is 1. The van der Waals surface area contributed by atoms with Crippen LogP contribution in [0.2, 0.25) is 0 Å². The lowest BCUT2D eigenvalue weighted by Crippen LogP contribution is -2.39. The van der Waals surface area contributed by atoms with Gasteiger partial charge in [-0.2, -0.15) is 13.2 Å². The molecule has 8 heteroatoms. The van der Waals surface area contributed by atoms with Crippen LogP contribution in [0.1, 0.15) is 10.7 Å². The number of hydrogen-bond donors (Lipinski definition) is 2. The van der Waals surface area contributed by atoms with E-state index in [9.17, 15) is 18.0 Å². The first kappa shape index (κ1) is 13.9. The molecule has 1 rings (SSSR count). The van der Waals surface area contributed by atoms with Gasteiger partial charge in [0.2, 0.25) is 5.91 Å². The normalized spacial score (nSPS) is 11.5. The van der Waals surface area contributed by atoms with E-state index in [1.807, 2.05) is 12.3 Å². The van der Waals surface area contributed by atoms with Gasteiger partial charge < -0.3 is 10.6 Å². The van der Waals surface area contributed by atoms with Crippen molar-refractivity contribution in [3.63, 3.8) is 0 Å². The molecular weight excluding hydrogens is 255 g/mol. The second kappa shape index (κ2) is 5.97. The van der Waals surface area contributed by atoms with Gasteiger partial charge in [-0.1, -0.05) is 0 Å². The summed E-state index contributed by atoms with van der Waals surface area (Å²) in [6.07, 6.45) is -4.37. The van der Waals surface area contributed by atoms with Gasteiger partial charge in [0, 0.05) is 17.6 Å². The van der Waals surface area contributed by atoms with E-state index in [-0.39, 0.29) is 6.54 Å².